The molecular formula is C12H12N4O2S. The predicted molar refractivity (Wildman–Crippen MR) is 71.6 cm³/mol. The summed E-state index contributed by atoms with van der Waals surface area (Å²) < 4.78 is 3.92. The predicted octanol–water partition coefficient (Wildman–Crippen LogP) is 2.06. The summed E-state index contributed by atoms with van der Waals surface area (Å²) in [6.07, 6.45) is 5.49. The van der Waals surface area contributed by atoms with Crippen molar-refractivity contribution >= 4 is 27.7 Å². The van der Waals surface area contributed by atoms with Crippen LogP contribution in [-0.4, -0.2) is 30.2 Å². The molecule has 0 saturated heterocycles. The number of rotatable bonds is 4. The van der Waals surface area contributed by atoms with Gasteiger partial charge in [-0.25, -0.2) is 14.8 Å². The van der Waals surface area contributed by atoms with Crippen molar-refractivity contribution in [1.29, 1.82) is 0 Å². The van der Waals surface area contributed by atoms with Crippen molar-refractivity contribution in [2.24, 2.45) is 0 Å². The molecule has 0 radical (unpaired) electrons. The third-order valence-corrected chi connectivity index (χ3v) is 3.93. The van der Waals surface area contributed by atoms with E-state index in [4.69, 9.17) is 5.11 Å². The van der Waals surface area contributed by atoms with Gasteiger partial charge in [0.05, 0.1) is 30.4 Å². The minimum absolute atomic E-state index is 0.311. The zero-order valence-electron chi connectivity index (χ0n) is 10.3. The standard InChI is InChI=1S/C12H12N4O2S/c1-2-15-4-8(13-6-15)5-16-7-14-11-9(16)3-10(19-11)12(17)18/h3-4,6-7H,2,5H2,1H3,(H,17,18). The molecule has 0 amide bonds. The molecule has 0 aromatic carbocycles. The fourth-order valence-electron chi connectivity index (χ4n) is 1.92. The third kappa shape index (κ3) is 2.12. The maximum Gasteiger partial charge on any atom is 0.346 e. The first-order valence-corrected chi connectivity index (χ1v) is 6.67. The number of carboxylic acid groups (broad SMARTS) is 1. The first-order valence-electron chi connectivity index (χ1n) is 5.86. The number of fused-ring (bicyclic) bond motifs is 1. The molecule has 3 aromatic rings. The minimum atomic E-state index is -0.912. The van der Waals surface area contributed by atoms with Crippen molar-refractivity contribution in [3.63, 3.8) is 0 Å². The first-order chi connectivity index (χ1) is 9.17. The summed E-state index contributed by atoms with van der Waals surface area (Å²) in [5.41, 5.74) is 1.78. The fraction of sp³-hybridized carbons (Fsp3) is 0.250. The van der Waals surface area contributed by atoms with Crippen LogP contribution in [-0.2, 0) is 13.1 Å². The number of imidazole rings is 2. The molecule has 0 fully saturated rings. The van der Waals surface area contributed by atoms with Gasteiger partial charge < -0.3 is 14.2 Å². The van der Waals surface area contributed by atoms with Crippen molar-refractivity contribution in [3.05, 3.63) is 35.5 Å². The molecule has 0 spiro atoms. The quantitative estimate of drug-likeness (QED) is 0.791. The van der Waals surface area contributed by atoms with Gasteiger partial charge >= 0.3 is 5.97 Å². The average Bonchev–Trinajstić information content (AvgIpc) is 3.06. The summed E-state index contributed by atoms with van der Waals surface area (Å²) >= 11 is 1.19. The topological polar surface area (TPSA) is 72.9 Å². The summed E-state index contributed by atoms with van der Waals surface area (Å²) in [6, 6.07) is 1.66. The van der Waals surface area contributed by atoms with E-state index in [9.17, 15) is 4.79 Å². The molecule has 1 N–H and O–H groups in total. The number of aromatic carboxylic acids is 1. The summed E-state index contributed by atoms with van der Waals surface area (Å²) in [5, 5.41) is 8.98. The molecule has 0 aliphatic carbocycles. The largest absolute Gasteiger partial charge is 0.477 e. The van der Waals surface area contributed by atoms with Crippen LogP contribution in [0.25, 0.3) is 10.3 Å². The Morgan fingerprint density at radius 3 is 2.95 bits per heavy atom. The molecule has 6 nitrogen and oxygen atoms in total. The molecule has 0 saturated carbocycles. The van der Waals surface area contributed by atoms with Crippen LogP contribution in [0, 0.1) is 0 Å². The highest BCUT2D eigenvalue weighted by atomic mass is 32.1. The van der Waals surface area contributed by atoms with E-state index < -0.39 is 5.97 Å². The van der Waals surface area contributed by atoms with Crippen LogP contribution in [0.2, 0.25) is 0 Å². The Labute approximate surface area is 113 Å². The van der Waals surface area contributed by atoms with E-state index in [2.05, 4.69) is 16.9 Å². The van der Waals surface area contributed by atoms with E-state index in [-0.39, 0.29) is 0 Å². The molecule has 19 heavy (non-hydrogen) atoms. The second kappa shape index (κ2) is 4.51. The number of carboxylic acids is 1. The molecule has 0 atom stereocenters. The number of aromatic nitrogens is 4. The Bertz CT molecular complexity index is 740. The number of thiophene rings is 1. The maximum absolute atomic E-state index is 10.9. The number of hydrogen-bond acceptors (Lipinski definition) is 4. The summed E-state index contributed by atoms with van der Waals surface area (Å²) in [6.45, 7) is 3.53. The van der Waals surface area contributed by atoms with Crippen molar-refractivity contribution < 1.29 is 9.90 Å². The van der Waals surface area contributed by atoms with E-state index in [1.165, 1.54) is 11.3 Å². The van der Waals surface area contributed by atoms with Gasteiger partial charge in [0.15, 0.2) is 0 Å². The van der Waals surface area contributed by atoms with Gasteiger partial charge in [-0.3, -0.25) is 0 Å². The molecule has 0 bridgehead atoms. The molecule has 0 aliphatic heterocycles. The fourth-order valence-corrected chi connectivity index (χ4v) is 2.77. The zero-order valence-corrected chi connectivity index (χ0v) is 11.1. The van der Waals surface area contributed by atoms with E-state index in [1.807, 2.05) is 15.3 Å². The molecule has 0 unspecified atom stereocenters. The van der Waals surface area contributed by atoms with Gasteiger partial charge in [0.2, 0.25) is 0 Å². The van der Waals surface area contributed by atoms with Crippen LogP contribution >= 0.6 is 11.3 Å². The SMILES string of the molecule is CCn1cnc(Cn2cnc3sc(C(=O)O)cc32)c1. The van der Waals surface area contributed by atoms with Gasteiger partial charge in [0, 0.05) is 12.7 Å². The molecule has 3 aromatic heterocycles. The van der Waals surface area contributed by atoms with Crippen LogP contribution < -0.4 is 0 Å². The normalized spacial score (nSPS) is 11.2. The van der Waals surface area contributed by atoms with Gasteiger partial charge in [-0.2, -0.15) is 0 Å². The Balaban J connectivity index is 1.93. The first kappa shape index (κ1) is 11.9. The van der Waals surface area contributed by atoms with Crippen LogP contribution in [0.5, 0.6) is 0 Å². The number of hydrogen-bond donors (Lipinski definition) is 1. The van der Waals surface area contributed by atoms with E-state index in [1.54, 1.807) is 18.7 Å². The monoisotopic (exact) mass is 276 g/mol. The highest BCUT2D eigenvalue weighted by Crippen LogP contribution is 2.24. The number of nitrogens with zero attached hydrogens (tertiary/aromatic N) is 4. The smallest absolute Gasteiger partial charge is 0.346 e. The summed E-state index contributed by atoms with van der Waals surface area (Å²) in [5.74, 6) is -0.912. The molecule has 0 aliphatic rings. The van der Waals surface area contributed by atoms with Crippen LogP contribution in [0.1, 0.15) is 22.3 Å². The van der Waals surface area contributed by atoms with Crippen molar-refractivity contribution in [3.8, 4) is 0 Å². The second-order valence-electron chi connectivity index (χ2n) is 4.17. The Hall–Kier alpha value is -2.15. The van der Waals surface area contributed by atoms with E-state index in [0.717, 1.165) is 22.6 Å². The summed E-state index contributed by atoms with van der Waals surface area (Å²) in [4.78, 5) is 20.5. The van der Waals surface area contributed by atoms with E-state index in [0.29, 0.717) is 11.4 Å². The van der Waals surface area contributed by atoms with Crippen LogP contribution in [0.15, 0.2) is 24.9 Å². The van der Waals surface area contributed by atoms with Gasteiger partial charge in [-0.1, -0.05) is 0 Å². The van der Waals surface area contributed by atoms with Crippen molar-refractivity contribution in [2.75, 3.05) is 0 Å². The van der Waals surface area contributed by atoms with Crippen molar-refractivity contribution in [1.82, 2.24) is 19.1 Å². The Kier molecular flexibility index (Phi) is 2.83. The molecular weight excluding hydrogens is 264 g/mol. The second-order valence-corrected chi connectivity index (χ2v) is 5.20. The molecule has 3 rings (SSSR count). The lowest BCUT2D eigenvalue weighted by molar-refractivity contribution is 0.0702. The Morgan fingerprint density at radius 2 is 2.26 bits per heavy atom. The molecule has 98 valence electrons. The van der Waals surface area contributed by atoms with Gasteiger partial charge in [-0.05, 0) is 13.0 Å². The minimum Gasteiger partial charge on any atom is -0.477 e. The highest BCUT2D eigenvalue weighted by molar-refractivity contribution is 7.20. The Morgan fingerprint density at radius 1 is 1.42 bits per heavy atom. The molecule has 7 heteroatoms. The lowest BCUT2D eigenvalue weighted by Crippen LogP contribution is -1.98. The third-order valence-electron chi connectivity index (χ3n) is 2.91. The van der Waals surface area contributed by atoms with Gasteiger partial charge in [-0.15, -0.1) is 11.3 Å². The maximum atomic E-state index is 10.9. The van der Waals surface area contributed by atoms with Crippen LogP contribution in [0.3, 0.4) is 0 Å². The highest BCUT2D eigenvalue weighted by Gasteiger charge is 2.13. The average molecular weight is 276 g/mol. The lowest BCUT2D eigenvalue weighted by Gasteiger charge is -1.99. The van der Waals surface area contributed by atoms with Gasteiger partial charge in [0.1, 0.15) is 9.71 Å². The number of carbonyl (C=O) groups is 1. The van der Waals surface area contributed by atoms with Crippen molar-refractivity contribution in [2.45, 2.75) is 20.0 Å². The number of aryl methyl sites for hydroxylation is 1. The summed E-state index contributed by atoms with van der Waals surface area (Å²) in [7, 11) is 0. The van der Waals surface area contributed by atoms with Gasteiger partial charge in [0.25, 0.3) is 0 Å². The van der Waals surface area contributed by atoms with E-state index >= 15 is 0 Å². The lowest BCUT2D eigenvalue weighted by atomic mass is 10.4. The molecule has 3 heterocycles. The van der Waals surface area contributed by atoms with Crippen LogP contribution in [0.4, 0.5) is 0 Å². The zero-order chi connectivity index (χ0) is 13.4.